The first-order chi connectivity index (χ1) is 32.3. The molecule has 1 aliphatic heterocycles. The number of ether oxygens (including phenoxy) is 2. The first-order valence-electron chi connectivity index (χ1n) is 27.9. The summed E-state index contributed by atoms with van der Waals surface area (Å²) in [6.45, 7) is 3.76. The molecule has 6 N–H and O–H groups in total. The van der Waals surface area contributed by atoms with Gasteiger partial charge >= 0.3 is 0 Å². The summed E-state index contributed by atoms with van der Waals surface area (Å²) in [7, 11) is 0. The lowest BCUT2D eigenvalue weighted by molar-refractivity contribution is -0.302. The number of rotatable bonds is 47. The van der Waals surface area contributed by atoms with E-state index in [4.69, 9.17) is 9.47 Å². The third-order valence-corrected chi connectivity index (χ3v) is 13.1. The lowest BCUT2D eigenvalue weighted by atomic mass is 9.99. The molecule has 1 amide bonds. The molecule has 66 heavy (non-hydrogen) atoms. The molecule has 1 rings (SSSR count). The summed E-state index contributed by atoms with van der Waals surface area (Å²) >= 11 is 0. The first kappa shape index (κ1) is 62.2. The first-order valence-corrected chi connectivity index (χ1v) is 27.9. The van der Waals surface area contributed by atoms with E-state index in [0.29, 0.717) is 6.42 Å². The summed E-state index contributed by atoms with van der Waals surface area (Å²) in [5.74, 6) is -0.177. The van der Waals surface area contributed by atoms with Crippen LogP contribution >= 0.6 is 0 Å². The molecule has 0 aliphatic carbocycles. The van der Waals surface area contributed by atoms with Gasteiger partial charge in [0.2, 0.25) is 5.91 Å². The number of hydrogen-bond donors (Lipinski definition) is 6. The van der Waals surface area contributed by atoms with Gasteiger partial charge in [0.25, 0.3) is 0 Å². The van der Waals surface area contributed by atoms with Crippen molar-refractivity contribution in [3.05, 3.63) is 48.6 Å². The van der Waals surface area contributed by atoms with Crippen LogP contribution < -0.4 is 5.32 Å². The van der Waals surface area contributed by atoms with Crippen LogP contribution in [0.1, 0.15) is 251 Å². The number of hydrogen-bond acceptors (Lipinski definition) is 8. The highest BCUT2D eigenvalue weighted by molar-refractivity contribution is 5.76. The van der Waals surface area contributed by atoms with E-state index in [1.54, 1.807) is 6.08 Å². The van der Waals surface area contributed by atoms with Crippen LogP contribution in [0.3, 0.4) is 0 Å². The molecule has 0 spiro atoms. The Balaban J connectivity index is 2.14. The SMILES string of the molecule is CCCCCCC/C=C\C/C=C\C/C=C\CCCCCCCCCCCCCCCCCCC(=O)NC(COC1OC(CO)C(O)C(O)C1O)C(O)/C=C/CCCCCCCCCCCC. The van der Waals surface area contributed by atoms with Crippen molar-refractivity contribution in [2.24, 2.45) is 0 Å². The van der Waals surface area contributed by atoms with Crippen molar-refractivity contribution in [3.8, 4) is 0 Å². The topological polar surface area (TPSA) is 149 Å². The third kappa shape index (κ3) is 36.2. The fraction of sp³-hybridized carbons (Fsp3) is 0.842. The molecule has 0 aromatic heterocycles. The smallest absolute Gasteiger partial charge is 0.220 e. The third-order valence-electron chi connectivity index (χ3n) is 13.1. The van der Waals surface area contributed by atoms with E-state index in [1.165, 1.54) is 180 Å². The van der Waals surface area contributed by atoms with E-state index in [2.05, 4.69) is 55.6 Å². The maximum absolute atomic E-state index is 13.0. The standard InChI is InChI=1S/C57H105NO8/c1-3-5-7-9-11-13-15-17-18-19-20-21-22-23-24-25-26-27-28-29-30-31-32-33-34-35-37-39-41-43-45-47-53(61)58-50(49-65-57-56(64)55(63)54(62)52(48-59)66-57)51(60)46-44-42-40-38-36-16-14-12-10-8-6-4-2/h15,17,19-20,22-23,44,46,50-52,54-57,59-60,62-64H,3-14,16,18,21,24-43,45,47-49H2,1-2H3,(H,58,61)/b17-15-,20-19-,23-22-,46-44+. The minimum absolute atomic E-state index is 0.177. The van der Waals surface area contributed by atoms with Gasteiger partial charge < -0.3 is 40.3 Å². The van der Waals surface area contributed by atoms with Crippen molar-refractivity contribution in [1.29, 1.82) is 0 Å². The normalized spacial score (nSPS) is 20.1. The number of carbonyl (C=O) groups excluding carboxylic acids is 1. The van der Waals surface area contributed by atoms with Crippen LogP contribution in [-0.2, 0) is 14.3 Å². The number of carbonyl (C=O) groups is 1. The van der Waals surface area contributed by atoms with Crippen molar-refractivity contribution in [3.63, 3.8) is 0 Å². The number of allylic oxidation sites excluding steroid dienone is 7. The molecule has 9 heteroatoms. The molecular weight excluding hydrogens is 827 g/mol. The fourth-order valence-corrected chi connectivity index (χ4v) is 8.69. The van der Waals surface area contributed by atoms with Crippen LogP contribution in [0.2, 0.25) is 0 Å². The Hall–Kier alpha value is -1.85. The van der Waals surface area contributed by atoms with Gasteiger partial charge in [-0.2, -0.15) is 0 Å². The Morgan fingerprint density at radius 3 is 1.32 bits per heavy atom. The highest BCUT2D eigenvalue weighted by Crippen LogP contribution is 2.23. The van der Waals surface area contributed by atoms with E-state index >= 15 is 0 Å². The second-order valence-corrected chi connectivity index (χ2v) is 19.4. The van der Waals surface area contributed by atoms with Gasteiger partial charge in [-0.25, -0.2) is 0 Å². The Labute approximate surface area is 405 Å². The largest absolute Gasteiger partial charge is 0.394 e. The molecule has 0 radical (unpaired) electrons. The molecule has 0 bridgehead atoms. The minimum atomic E-state index is -1.57. The van der Waals surface area contributed by atoms with Gasteiger partial charge in [-0.3, -0.25) is 4.79 Å². The zero-order valence-electron chi connectivity index (χ0n) is 42.7. The Kier molecular flexibility index (Phi) is 44.1. The number of nitrogens with one attached hydrogen (secondary N) is 1. The molecular formula is C57H105NO8. The van der Waals surface area contributed by atoms with Crippen LogP contribution in [0.25, 0.3) is 0 Å². The number of amides is 1. The summed E-state index contributed by atoms with van der Waals surface area (Å²) in [4.78, 5) is 13.0. The second kappa shape index (κ2) is 46.9. The summed E-state index contributed by atoms with van der Waals surface area (Å²) in [6, 6.07) is -0.804. The van der Waals surface area contributed by atoms with E-state index in [0.717, 1.165) is 51.4 Å². The number of aliphatic hydroxyl groups is 5. The summed E-state index contributed by atoms with van der Waals surface area (Å²) < 4.78 is 11.2. The fourth-order valence-electron chi connectivity index (χ4n) is 8.69. The van der Waals surface area contributed by atoms with Crippen molar-refractivity contribution in [2.45, 2.75) is 294 Å². The van der Waals surface area contributed by atoms with Crippen LogP contribution in [0, 0.1) is 0 Å². The molecule has 0 saturated carbocycles. The van der Waals surface area contributed by atoms with Crippen LogP contribution in [0.5, 0.6) is 0 Å². The Morgan fingerprint density at radius 2 is 0.894 bits per heavy atom. The lowest BCUT2D eigenvalue weighted by Gasteiger charge is -2.40. The average Bonchev–Trinajstić information content (AvgIpc) is 3.32. The predicted octanol–water partition coefficient (Wildman–Crippen LogP) is 13.3. The van der Waals surface area contributed by atoms with E-state index < -0.39 is 49.5 Å². The maximum Gasteiger partial charge on any atom is 0.220 e. The van der Waals surface area contributed by atoms with Crippen LogP contribution in [0.4, 0.5) is 0 Å². The predicted molar refractivity (Wildman–Crippen MR) is 276 cm³/mol. The monoisotopic (exact) mass is 932 g/mol. The van der Waals surface area contributed by atoms with E-state index in [-0.39, 0.29) is 12.5 Å². The zero-order valence-corrected chi connectivity index (χ0v) is 42.7. The van der Waals surface area contributed by atoms with Crippen LogP contribution in [-0.4, -0.2) is 87.5 Å². The van der Waals surface area contributed by atoms with Crippen molar-refractivity contribution in [2.75, 3.05) is 13.2 Å². The zero-order chi connectivity index (χ0) is 48.0. The van der Waals surface area contributed by atoms with Gasteiger partial charge in [0, 0.05) is 6.42 Å². The summed E-state index contributed by atoms with van der Waals surface area (Å²) in [6.07, 6.45) is 54.7. The Morgan fingerprint density at radius 1 is 0.515 bits per heavy atom. The molecule has 386 valence electrons. The lowest BCUT2D eigenvalue weighted by Crippen LogP contribution is -2.60. The molecule has 7 atom stereocenters. The quantitative estimate of drug-likeness (QED) is 0.0261. The molecule has 1 heterocycles. The van der Waals surface area contributed by atoms with E-state index in [1.807, 2.05) is 6.08 Å². The molecule has 1 aliphatic rings. The highest BCUT2D eigenvalue weighted by Gasteiger charge is 2.44. The molecule has 7 unspecified atom stereocenters. The van der Waals surface area contributed by atoms with Gasteiger partial charge in [-0.05, 0) is 57.8 Å². The van der Waals surface area contributed by atoms with Gasteiger partial charge in [0.15, 0.2) is 6.29 Å². The van der Waals surface area contributed by atoms with Gasteiger partial charge in [-0.15, -0.1) is 0 Å². The summed E-state index contributed by atoms with van der Waals surface area (Å²) in [5.41, 5.74) is 0. The molecule has 0 aromatic carbocycles. The second-order valence-electron chi connectivity index (χ2n) is 19.4. The van der Waals surface area contributed by atoms with Crippen molar-refractivity contribution in [1.82, 2.24) is 5.32 Å². The Bertz CT molecular complexity index is 1170. The van der Waals surface area contributed by atoms with Crippen molar-refractivity contribution >= 4 is 5.91 Å². The molecule has 1 saturated heterocycles. The molecule has 1 fully saturated rings. The molecule has 9 nitrogen and oxygen atoms in total. The summed E-state index contributed by atoms with van der Waals surface area (Å²) in [5, 5.41) is 54.3. The average molecular weight is 932 g/mol. The van der Waals surface area contributed by atoms with Gasteiger partial charge in [-0.1, -0.05) is 236 Å². The molecule has 0 aromatic rings. The van der Waals surface area contributed by atoms with E-state index in [9.17, 15) is 30.3 Å². The van der Waals surface area contributed by atoms with Gasteiger partial charge in [0.05, 0.1) is 25.4 Å². The highest BCUT2D eigenvalue weighted by atomic mass is 16.7. The number of unbranched alkanes of at least 4 members (excludes halogenated alkanes) is 31. The van der Waals surface area contributed by atoms with Crippen LogP contribution in [0.15, 0.2) is 48.6 Å². The van der Waals surface area contributed by atoms with Crippen molar-refractivity contribution < 1.29 is 39.8 Å². The number of aliphatic hydroxyl groups excluding tert-OH is 5. The minimum Gasteiger partial charge on any atom is -0.394 e. The maximum atomic E-state index is 13.0. The van der Waals surface area contributed by atoms with Gasteiger partial charge in [0.1, 0.15) is 24.4 Å².